The van der Waals surface area contributed by atoms with Crippen LogP contribution in [0.3, 0.4) is 0 Å². The highest BCUT2D eigenvalue weighted by molar-refractivity contribution is 6.02. The summed E-state index contributed by atoms with van der Waals surface area (Å²) in [5.41, 5.74) is 0. The van der Waals surface area contributed by atoms with Crippen LogP contribution in [-0.2, 0) is 4.79 Å². The third-order valence-corrected chi connectivity index (χ3v) is 2.75. The molecule has 0 aromatic carbocycles. The van der Waals surface area contributed by atoms with Crippen molar-refractivity contribution in [3.05, 3.63) is 24.3 Å². The highest BCUT2D eigenvalue weighted by Gasteiger charge is 2.30. The number of nitrogens with one attached hydrogen (secondary N) is 1. The summed E-state index contributed by atoms with van der Waals surface area (Å²) in [5, 5.41) is 2.88. The predicted octanol–water partition coefficient (Wildman–Crippen LogP) is 2.84. The van der Waals surface area contributed by atoms with Gasteiger partial charge in [0, 0.05) is 6.42 Å². The standard InChI is InChI=1S/C12H16N2O.C2H6/c1-2-3-8-11-13-10-7-5-4-6-9(10)12(15)14-11;1-2/h4-7,9-10H,2-3,8H2,1H3,(H,13,14,15);1-2H3. The van der Waals surface area contributed by atoms with E-state index in [1.807, 2.05) is 38.2 Å². The van der Waals surface area contributed by atoms with Crippen molar-refractivity contribution in [3.8, 4) is 0 Å². The number of nitrogens with zero attached hydrogens (tertiary/aromatic N) is 1. The summed E-state index contributed by atoms with van der Waals surface area (Å²) >= 11 is 0. The minimum atomic E-state index is -0.0969. The fraction of sp³-hybridized carbons (Fsp3) is 0.571. The van der Waals surface area contributed by atoms with E-state index in [1.54, 1.807) is 0 Å². The highest BCUT2D eigenvalue weighted by atomic mass is 16.2. The van der Waals surface area contributed by atoms with E-state index in [9.17, 15) is 4.79 Å². The normalized spacial score (nSPS) is 25.4. The van der Waals surface area contributed by atoms with Gasteiger partial charge in [0.2, 0.25) is 5.91 Å². The third-order valence-electron chi connectivity index (χ3n) is 2.75. The molecule has 3 nitrogen and oxygen atoms in total. The molecule has 2 unspecified atom stereocenters. The Labute approximate surface area is 104 Å². The zero-order valence-electron chi connectivity index (χ0n) is 10.9. The Morgan fingerprint density at radius 2 is 2.00 bits per heavy atom. The quantitative estimate of drug-likeness (QED) is 0.801. The van der Waals surface area contributed by atoms with Crippen LogP contribution in [-0.4, -0.2) is 17.8 Å². The third kappa shape index (κ3) is 3.55. The second-order valence-corrected chi connectivity index (χ2v) is 3.95. The first-order valence-corrected chi connectivity index (χ1v) is 6.54. The fourth-order valence-corrected chi connectivity index (χ4v) is 1.87. The van der Waals surface area contributed by atoms with Crippen molar-refractivity contribution in [1.82, 2.24) is 5.32 Å². The molecule has 2 rings (SSSR count). The lowest BCUT2D eigenvalue weighted by Crippen LogP contribution is -2.44. The minimum absolute atomic E-state index is 0.0237. The first kappa shape index (κ1) is 13.7. The molecule has 1 heterocycles. The minimum Gasteiger partial charge on any atom is -0.314 e. The van der Waals surface area contributed by atoms with Gasteiger partial charge in [-0.05, 0) is 6.42 Å². The number of carbonyl (C=O) groups excluding carboxylic acids is 1. The maximum Gasteiger partial charge on any atom is 0.234 e. The Morgan fingerprint density at radius 1 is 1.29 bits per heavy atom. The van der Waals surface area contributed by atoms with Crippen molar-refractivity contribution >= 4 is 11.7 Å². The van der Waals surface area contributed by atoms with E-state index >= 15 is 0 Å². The van der Waals surface area contributed by atoms with Crippen molar-refractivity contribution < 1.29 is 4.79 Å². The Morgan fingerprint density at radius 3 is 2.71 bits per heavy atom. The summed E-state index contributed by atoms with van der Waals surface area (Å²) in [4.78, 5) is 16.3. The van der Waals surface area contributed by atoms with Crippen LogP contribution in [0.5, 0.6) is 0 Å². The van der Waals surface area contributed by atoms with Gasteiger partial charge in [0.25, 0.3) is 0 Å². The molecule has 0 fully saturated rings. The van der Waals surface area contributed by atoms with Crippen molar-refractivity contribution in [2.45, 2.75) is 46.1 Å². The molecule has 0 aromatic heterocycles. The molecule has 0 bridgehead atoms. The average Bonchev–Trinajstić information content (AvgIpc) is 2.39. The summed E-state index contributed by atoms with van der Waals surface area (Å²) in [6, 6.07) is 0.0237. The first-order chi connectivity index (χ1) is 8.31. The lowest BCUT2D eigenvalue weighted by Gasteiger charge is -2.26. The Balaban J connectivity index is 0.000000686. The van der Waals surface area contributed by atoms with Crippen LogP contribution in [0.2, 0.25) is 0 Å². The zero-order valence-corrected chi connectivity index (χ0v) is 10.9. The van der Waals surface area contributed by atoms with Gasteiger partial charge in [-0.2, -0.15) is 0 Å². The molecule has 1 aliphatic carbocycles. The lowest BCUT2D eigenvalue weighted by molar-refractivity contribution is -0.122. The fourth-order valence-electron chi connectivity index (χ4n) is 1.87. The first-order valence-electron chi connectivity index (χ1n) is 6.54. The van der Waals surface area contributed by atoms with E-state index < -0.39 is 0 Å². The highest BCUT2D eigenvalue weighted by Crippen LogP contribution is 2.20. The van der Waals surface area contributed by atoms with Gasteiger partial charge in [0.1, 0.15) is 5.84 Å². The van der Waals surface area contributed by atoms with Crippen molar-refractivity contribution in [1.29, 1.82) is 0 Å². The van der Waals surface area contributed by atoms with E-state index in [1.165, 1.54) is 0 Å². The molecular weight excluding hydrogens is 212 g/mol. The van der Waals surface area contributed by atoms with E-state index in [-0.39, 0.29) is 17.9 Å². The number of hydrogen-bond donors (Lipinski definition) is 1. The van der Waals surface area contributed by atoms with Gasteiger partial charge in [-0.3, -0.25) is 9.79 Å². The van der Waals surface area contributed by atoms with Gasteiger partial charge in [0.05, 0.1) is 12.0 Å². The van der Waals surface area contributed by atoms with Crippen LogP contribution in [0.1, 0.15) is 40.0 Å². The summed E-state index contributed by atoms with van der Waals surface area (Å²) < 4.78 is 0. The Hall–Kier alpha value is -1.38. The van der Waals surface area contributed by atoms with E-state index in [2.05, 4.69) is 17.2 Å². The zero-order chi connectivity index (χ0) is 12.7. The second kappa shape index (κ2) is 7.05. The molecule has 0 spiro atoms. The largest absolute Gasteiger partial charge is 0.314 e. The SMILES string of the molecule is CC.CCCCC1=NC2C=CC=CC2C(=O)N1. The van der Waals surface area contributed by atoms with Crippen LogP contribution in [0, 0.1) is 5.92 Å². The molecule has 0 saturated heterocycles. The monoisotopic (exact) mass is 234 g/mol. The van der Waals surface area contributed by atoms with Gasteiger partial charge >= 0.3 is 0 Å². The number of fused-ring (bicyclic) bond motifs is 1. The molecule has 94 valence electrons. The maximum atomic E-state index is 11.7. The maximum absolute atomic E-state index is 11.7. The van der Waals surface area contributed by atoms with Gasteiger partial charge in [-0.15, -0.1) is 0 Å². The van der Waals surface area contributed by atoms with Gasteiger partial charge < -0.3 is 5.32 Å². The molecule has 0 aromatic rings. The van der Waals surface area contributed by atoms with E-state index in [4.69, 9.17) is 0 Å². The van der Waals surface area contributed by atoms with Gasteiger partial charge in [-0.25, -0.2) is 0 Å². The van der Waals surface area contributed by atoms with E-state index in [0.717, 1.165) is 25.1 Å². The Kier molecular flexibility index (Phi) is 5.67. The number of hydrogen-bond acceptors (Lipinski definition) is 2. The van der Waals surface area contributed by atoms with Gasteiger partial charge in [-0.1, -0.05) is 51.5 Å². The van der Waals surface area contributed by atoms with Crippen LogP contribution < -0.4 is 5.32 Å². The number of unbranched alkanes of at least 4 members (excludes halogenated alkanes) is 1. The predicted molar refractivity (Wildman–Crippen MR) is 72.0 cm³/mol. The summed E-state index contributed by atoms with van der Waals surface area (Å²) in [6.07, 6.45) is 10.9. The molecule has 0 saturated carbocycles. The molecule has 3 heteroatoms. The topological polar surface area (TPSA) is 41.5 Å². The van der Waals surface area contributed by atoms with Crippen molar-refractivity contribution in [2.75, 3.05) is 0 Å². The number of carbonyl (C=O) groups is 1. The summed E-state index contributed by atoms with van der Waals surface area (Å²) in [7, 11) is 0. The second-order valence-electron chi connectivity index (χ2n) is 3.95. The van der Waals surface area contributed by atoms with E-state index in [0.29, 0.717) is 0 Å². The summed E-state index contributed by atoms with van der Waals surface area (Å²) in [6.45, 7) is 6.14. The van der Waals surface area contributed by atoms with Crippen LogP contribution in [0.4, 0.5) is 0 Å². The Bertz CT molecular complexity index is 342. The summed E-state index contributed by atoms with van der Waals surface area (Å²) in [5.74, 6) is 0.838. The number of amidine groups is 1. The number of allylic oxidation sites excluding steroid dienone is 2. The molecule has 1 N–H and O–H groups in total. The smallest absolute Gasteiger partial charge is 0.234 e. The molecule has 1 amide bonds. The molecule has 2 atom stereocenters. The van der Waals surface area contributed by atoms with Crippen LogP contribution >= 0.6 is 0 Å². The number of aliphatic imine (C=N–C) groups is 1. The molecule has 2 aliphatic rings. The van der Waals surface area contributed by atoms with Gasteiger partial charge in [0.15, 0.2) is 0 Å². The number of amides is 1. The van der Waals surface area contributed by atoms with Crippen molar-refractivity contribution in [2.24, 2.45) is 10.9 Å². The molecule has 0 radical (unpaired) electrons. The van der Waals surface area contributed by atoms with Crippen molar-refractivity contribution in [3.63, 3.8) is 0 Å². The lowest BCUT2D eigenvalue weighted by atomic mass is 9.93. The van der Waals surface area contributed by atoms with Crippen LogP contribution in [0.25, 0.3) is 0 Å². The average molecular weight is 234 g/mol. The molecule has 17 heavy (non-hydrogen) atoms. The van der Waals surface area contributed by atoms with Crippen LogP contribution in [0.15, 0.2) is 29.3 Å². The number of rotatable bonds is 3. The molecule has 1 aliphatic heterocycles. The molecular formula is C14H22N2O.